The molecule has 2 aromatic carbocycles. The minimum absolute atomic E-state index is 0.390. The maximum absolute atomic E-state index is 5.52. The first-order valence-corrected chi connectivity index (χ1v) is 12.2. The zero-order valence-corrected chi connectivity index (χ0v) is 23.5. The van der Waals surface area contributed by atoms with Gasteiger partial charge in [-0.1, -0.05) is 24.4 Å². The van der Waals surface area contributed by atoms with Gasteiger partial charge in [0.05, 0.1) is 28.4 Å². The number of aliphatic imine (C=N–C) groups is 1. The summed E-state index contributed by atoms with van der Waals surface area (Å²) in [5, 5.41) is 3.10. The average Bonchev–Trinajstić information content (AvgIpc) is 3.60. The van der Waals surface area contributed by atoms with Crippen LogP contribution in [0.3, 0.4) is 0 Å². The van der Waals surface area contributed by atoms with E-state index in [2.05, 4.69) is 15.7 Å². The third-order valence-electron chi connectivity index (χ3n) is 5.37. The lowest BCUT2D eigenvalue weighted by Gasteiger charge is -2.14. The van der Waals surface area contributed by atoms with Crippen LogP contribution >= 0.6 is 12.2 Å². The van der Waals surface area contributed by atoms with E-state index in [-0.39, 0.29) is 0 Å². The molecule has 2 heterocycles. The molecule has 0 saturated heterocycles. The van der Waals surface area contributed by atoms with E-state index in [1.165, 1.54) is 0 Å². The van der Waals surface area contributed by atoms with E-state index >= 15 is 0 Å². The van der Waals surface area contributed by atoms with Crippen molar-refractivity contribution in [3.05, 3.63) is 83.7 Å². The van der Waals surface area contributed by atoms with E-state index < -0.39 is 0 Å². The molecule has 0 aliphatic rings. The van der Waals surface area contributed by atoms with E-state index in [9.17, 15) is 0 Å². The third-order valence-corrected chi connectivity index (χ3v) is 5.67. The number of hydrazine groups is 1. The highest BCUT2D eigenvalue weighted by atomic mass is 32.1. The summed E-state index contributed by atoms with van der Waals surface area (Å²) in [6, 6.07) is 18.2. The van der Waals surface area contributed by atoms with E-state index in [0.29, 0.717) is 56.7 Å². The van der Waals surface area contributed by atoms with Crippen LogP contribution in [0.5, 0.6) is 23.0 Å². The summed E-state index contributed by atoms with van der Waals surface area (Å²) in [5.74, 6) is 11.1. The van der Waals surface area contributed by atoms with Crippen LogP contribution in [-0.2, 0) is 0 Å². The van der Waals surface area contributed by atoms with Crippen molar-refractivity contribution in [3.63, 3.8) is 0 Å². The molecule has 4 N–H and O–H groups in total. The van der Waals surface area contributed by atoms with E-state index in [1.54, 1.807) is 46.6 Å². The number of furan rings is 2. The lowest BCUT2D eigenvalue weighted by atomic mass is 10.2. The lowest BCUT2D eigenvalue weighted by Crippen LogP contribution is -2.30. The topological polar surface area (TPSA) is 126 Å². The molecule has 0 saturated carbocycles. The van der Waals surface area contributed by atoms with E-state index in [1.807, 2.05) is 56.3 Å². The van der Waals surface area contributed by atoms with E-state index in [4.69, 9.17) is 45.8 Å². The van der Waals surface area contributed by atoms with Crippen molar-refractivity contribution in [3.8, 4) is 23.0 Å². The number of nitrogens with two attached hydrogens (primary N) is 1. The van der Waals surface area contributed by atoms with Crippen LogP contribution in [0.15, 0.2) is 74.5 Å². The molecule has 0 aliphatic carbocycles. The second-order valence-electron chi connectivity index (χ2n) is 7.93. The molecule has 206 valence electrons. The molecule has 0 spiro atoms. The van der Waals surface area contributed by atoms with Gasteiger partial charge in [0.15, 0.2) is 17.4 Å². The predicted molar refractivity (Wildman–Crippen MR) is 155 cm³/mol. The van der Waals surface area contributed by atoms with Crippen molar-refractivity contribution in [1.29, 1.82) is 0 Å². The maximum Gasteiger partial charge on any atom is 0.184 e. The number of hydrogen-bond donors (Lipinski definition) is 3. The van der Waals surface area contributed by atoms with Gasteiger partial charge in [0, 0.05) is 0 Å². The summed E-state index contributed by atoms with van der Waals surface area (Å²) in [7, 11) is 6.33. The molecule has 4 aromatic rings. The highest BCUT2D eigenvalue weighted by Crippen LogP contribution is 2.37. The fourth-order valence-electron chi connectivity index (χ4n) is 3.48. The van der Waals surface area contributed by atoms with Crippen LogP contribution in [0.1, 0.15) is 23.0 Å². The van der Waals surface area contributed by atoms with Crippen molar-refractivity contribution in [1.82, 2.24) is 5.43 Å². The smallest absolute Gasteiger partial charge is 0.184 e. The summed E-state index contributed by atoms with van der Waals surface area (Å²) in [6.07, 6.45) is 0. The van der Waals surface area contributed by atoms with Gasteiger partial charge in [-0.25, -0.2) is 10.8 Å². The molecule has 0 fully saturated rings. The Kier molecular flexibility index (Phi) is 10.4. The first kappa shape index (κ1) is 29.1. The number of anilines is 1. The molecule has 0 aliphatic heterocycles. The molecule has 10 nitrogen and oxygen atoms in total. The van der Waals surface area contributed by atoms with Gasteiger partial charge in [-0.15, -0.1) is 0 Å². The number of nitrogens with one attached hydrogen (secondary N) is 2. The molecule has 0 atom stereocenters. The van der Waals surface area contributed by atoms with Crippen molar-refractivity contribution < 1.29 is 27.8 Å². The summed E-state index contributed by atoms with van der Waals surface area (Å²) >= 11 is 5.31. The van der Waals surface area contributed by atoms with Gasteiger partial charge in [-0.2, -0.15) is 0 Å². The van der Waals surface area contributed by atoms with Gasteiger partial charge in [0.25, 0.3) is 0 Å². The lowest BCUT2D eigenvalue weighted by molar-refractivity contribution is 0.397. The van der Waals surface area contributed by atoms with Crippen LogP contribution in [0.25, 0.3) is 0 Å². The van der Waals surface area contributed by atoms with Gasteiger partial charge in [0.1, 0.15) is 50.9 Å². The number of rotatable bonds is 8. The molecule has 2 aromatic heterocycles. The minimum atomic E-state index is 0.390. The molecular formula is C28H32N4O6S. The first-order valence-electron chi connectivity index (χ1n) is 11.8. The number of benzene rings is 2. The number of aryl methyl sites for hydroxylation is 2. The Morgan fingerprint density at radius 1 is 0.718 bits per heavy atom. The Bertz CT molecular complexity index is 1380. The first-order chi connectivity index (χ1) is 18.8. The van der Waals surface area contributed by atoms with Crippen molar-refractivity contribution in [2.24, 2.45) is 10.8 Å². The Morgan fingerprint density at radius 2 is 1.18 bits per heavy atom. The maximum atomic E-state index is 5.52. The standard InChI is InChI=1S/C14H17N3O3.C14H15NO3S/c1-9-7-8-12(20-9)14(17-15)16-13-10(18-2)5-4-6-11(13)19-3;1-9-7-8-12(18-9)14(19)15-13-10(16-2)5-4-6-11(13)17-3/h4-8H,15H2,1-3H3,(H,16,17);4-8H,1-3H3,(H,15,19). The van der Waals surface area contributed by atoms with Crippen LogP contribution in [-0.4, -0.2) is 39.3 Å². The van der Waals surface area contributed by atoms with Gasteiger partial charge >= 0.3 is 0 Å². The SMILES string of the molecule is COc1cccc(OC)c1N=C(NN)c1ccc(C)o1.COc1cccc(OC)c1NC(=S)c1ccc(C)o1. The number of methoxy groups -OCH3 is 4. The van der Waals surface area contributed by atoms with Crippen LogP contribution in [0.2, 0.25) is 0 Å². The summed E-state index contributed by atoms with van der Waals surface area (Å²) in [5.41, 5.74) is 3.76. The normalized spacial score (nSPS) is 10.7. The highest BCUT2D eigenvalue weighted by molar-refractivity contribution is 7.81. The molecule has 11 heteroatoms. The zero-order valence-electron chi connectivity index (χ0n) is 22.7. The predicted octanol–water partition coefficient (Wildman–Crippen LogP) is 5.54. The summed E-state index contributed by atoms with van der Waals surface area (Å²) in [6.45, 7) is 3.72. The number of ether oxygens (including phenoxy) is 4. The molecule has 4 rings (SSSR count). The Hall–Kier alpha value is -4.48. The average molecular weight is 553 g/mol. The van der Waals surface area contributed by atoms with Gasteiger partial charge in [-0.05, 0) is 62.4 Å². The Labute approximate surface area is 232 Å². The number of thiocarbonyl (C=S) groups is 1. The molecule has 0 amide bonds. The molecular weight excluding hydrogens is 520 g/mol. The number of hydrogen-bond acceptors (Lipinski definition) is 9. The van der Waals surface area contributed by atoms with Crippen LogP contribution in [0, 0.1) is 13.8 Å². The fourth-order valence-corrected chi connectivity index (χ4v) is 3.69. The second-order valence-corrected chi connectivity index (χ2v) is 8.34. The number of para-hydroxylation sites is 2. The minimum Gasteiger partial charge on any atom is -0.494 e. The van der Waals surface area contributed by atoms with E-state index in [0.717, 1.165) is 11.5 Å². The van der Waals surface area contributed by atoms with Crippen LogP contribution in [0.4, 0.5) is 11.4 Å². The quantitative estimate of drug-likeness (QED) is 0.0843. The van der Waals surface area contributed by atoms with Gasteiger partial charge in [0.2, 0.25) is 0 Å². The van der Waals surface area contributed by atoms with Gasteiger partial charge in [-0.3, -0.25) is 0 Å². The second kappa shape index (κ2) is 13.9. The summed E-state index contributed by atoms with van der Waals surface area (Å²) in [4.78, 5) is 4.92. The van der Waals surface area contributed by atoms with Crippen LogP contribution < -0.4 is 35.5 Å². The molecule has 0 bridgehead atoms. The van der Waals surface area contributed by atoms with Gasteiger partial charge < -0.3 is 38.5 Å². The zero-order chi connectivity index (χ0) is 28.4. The molecule has 0 radical (unpaired) electrons. The summed E-state index contributed by atoms with van der Waals surface area (Å²) < 4.78 is 32.2. The number of nitrogens with zero attached hydrogens (tertiary/aromatic N) is 1. The van der Waals surface area contributed by atoms with Crippen molar-refractivity contribution >= 4 is 34.4 Å². The van der Waals surface area contributed by atoms with Crippen molar-refractivity contribution in [2.75, 3.05) is 33.8 Å². The molecule has 0 unspecified atom stereocenters. The number of amidine groups is 1. The Morgan fingerprint density at radius 3 is 1.59 bits per heavy atom. The highest BCUT2D eigenvalue weighted by Gasteiger charge is 2.15. The molecule has 39 heavy (non-hydrogen) atoms. The third kappa shape index (κ3) is 7.30. The van der Waals surface area contributed by atoms with Crippen molar-refractivity contribution in [2.45, 2.75) is 13.8 Å². The fraction of sp³-hybridized carbons (Fsp3) is 0.214. The largest absolute Gasteiger partial charge is 0.494 e. The monoisotopic (exact) mass is 552 g/mol. The Balaban J connectivity index is 0.000000216.